The number of fused-ring (bicyclic) bond motifs is 1. The van der Waals surface area contributed by atoms with E-state index in [-0.39, 0.29) is 5.91 Å². The maximum absolute atomic E-state index is 12.4. The Morgan fingerprint density at radius 3 is 2.62 bits per heavy atom. The third kappa shape index (κ3) is 3.06. The molecule has 0 aromatic carbocycles. The molecular formula is C16H23N7O. The summed E-state index contributed by atoms with van der Waals surface area (Å²) < 4.78 is 0. The van der Waals surface area contributed by atoms with E-state index in [0.717, 1.165) is 69.0 Å². The van der Waals surface area contributed by atoms with Crippen LogP contribution in [0.5, 0.6) is 0 Å². The van der Waals surface area contributed by atoms with Crippen LogP contribution in [0.4, 0.5) is 5.82 Å². The number of hydrogen-bond donors (Lipinski definition) is 1. The predicted molar refractivity (Wildman–Crippen MR) is 90.8 cm³/mol. The van der Waals surface area contributed by atoms with E-state index in [4.69, 9.17) is 0 Å². The van der Waals surface area contributed by atoms with E-state index in [2.05, 4.69) is 30.0 Å². The first-order valence-electron chi connectivity index (χ1n) is 8.70. The molecule has 0 bridgehead atoms. The van der Waals surface area contributed by atoms with E-state index in [1.54, 1.807) is 12.5 Å². The summed E-state index contributed by atoms with van der Waals surface area (Å²) in [5.74, 6) is 1.21. The van der Waals surface area contributed by atoms with E-state index in [9.17, 15) is 4.79 Å². The molecule has 2 aromatic rings. The topological polar surface area (TPSA) is 81.2 Å². The van der Waals surface area contributed by atoms with Crippen molar-refractivity contribution in [2.24, 2.45) is 0 Å². The van der Waals surface area contributed by atoms with Crippen molar-refractivity contribution in [2.75, 3.05) is 50.7 Å². The molecule has 2 aliphatic heterocycles. The highest BCUT2D eigenvalue weighted by atomic mass is 16.2. The third-order valence-electron chi connectivity index (χ3n) is 4.97. The van der Waals surface area contributed by atoms with Gasteiger partial charge in [0.15, 0.2) is 5.65 Å². The van der Waals surface area contributed by atoms with Gasteiger partial charge >= 0.3 is 0 Å². The predicted octanol–water partition coefficient (Wildman–Crippen LogP) is 0.487. The summed E-state index contributed by atoms with van der Waals surface area (Å²) in [7, 11) is 0. The molecule has 0 atom stereocenters. The van der Waals surface area contributed by atoms with Crippen molar-refractivity contribution in [1.29, 1.82) is 0 Å². The number of piperazine rings is 1. The zero-order valence-corrected chi connectivity index (χ0v) is 13.8. The van der Waals surface area contributed by atoms with Crippen LogP contribution in [-0.4, -0.2) is 81.7 Å². The second-order valence-electron chi connectivity index (χ2n) is 6.53. The van der Waals surface area contributed by atoms with Crippen LogP contribution in [-0.2, 0) is 4.79 Å². The molecule has 4 rings (SSSR count). The molecule has 1 amide bonds. The number of rotatable bonds is 3. The van der Waals surface area contributed by atoms with Gasteiger partial charge in [0.1, 0.15) is 12.1 Å². The number of aromatic amines is 1. The highest BCUT2D eigenvalue weighted by molar-refractivity contribution is 5.86. The largest absolute Gasteiger partial charge is 0.353 e. The molecule has 1 N–H and O–H groups in total. The summed E-state index contributed by atoms with van der Waals surface area (Å²) in [5, 5.41) is 7.88. The molecule has 0 saturated carbocycles. The van der Waals surface area contributed by atoms with Gasteiger partial charge in [0.2, 0.25) is 5.91 Å². The van der Waals surface area contributed by atoms with E-state index < -0.39 is 0 Å². The first kappa shape index (κ1) is 15.3. The summed E-state index contributed by atoms with van der Waals surface area (Å²) in [6, 6.07) is 0. The molecule has 128 valence electrons. The molecular weight excluding hydrogens is 306 g/mol. The smallest absolute Gasteiger partial charge is 0.236 e. The average Bonchev–Trinajstić information content (AvgIpc) is 3.12. The highest BCUT2D eigenvalue weighted by Crippen LogP contribution is 2.22. The molecule has 0 spiro atoms. The maximum Gasteiger partial charge on any atom is 0.236 e. The Bertz CT molecular complexity index is 701. The number of carbonyl (C=O) groups is 1. The van der Waals surface area contributed by atoms with Gasteiger partial charge in [-0.3, -0.25) is 14.8 Å². The maximum atomic E-state index is 12.4. The molecule has 4 heterocycles. The molecule has 2 aliphatic rings. The number of nitrogens with zero attached hydrogens (tertiary/aromatic N) is 6. The first-order chi connectivity index (χ1) is 11.8. The Balaban J connectivity index is 1.35. The number of amides is 1. The quantitative estimate of drug-likeness (QED) is 0.882. The first-order valence-corrected chi connectivity index (χ1v) is 8.70. The average molecular weight is 329 g/mol. The van der Waals surface area contributed by atoms with Gasteiger partial charge in [-0.25, -0.2) is 9.97 Å². The zero-order valence-electron chi connectivity index (χ0n) is 13.8. The fraction of sp³-hybridized carbons (Fsp3) is 0.625. The molecule has 0 aliphatic carbocycles. The van der Waals surface area contributed by atoms with Gasteiger partial charge in [0, 0.05) is 39.3 Å². The van der Waals surface area contributed by atoms with Crippen molar-refractivity contribution in [3.05, 3.63) is 12.5 Å². The van der Waals surface area contributed by atoms with Crippen molar-refractivity contribution in [3.63, 3.8) is 0 Å². The standard InChI is InChI=1S/C16H23N7O/c24-14(22-4-2-1-3-5-22)11-21-6-8-23(9-7-21)16-13-10-19-20-15(13)17-12-18-16/h10,12H,1-9,11H2,(H,17,18,19,20). The number of H-pyrrole nitrogens is 1. The second-order valence-corrected chi connectivity index (χ2v) is 6.53. The minimum atomic E-state index is 0.280. The zero-order chi connectivity index (χ0) is 16.4. The Morgan fingerprint density at radius 2 is 1.83 bits per heavy atom. The van der Waals surface area contributed by atoms with Crippen LogP contribution in [0.1, 0.15) is 19.3 Å². The highest BCUT2D eigenvalue weighted by Gasteiger charge is 2.24. The summed E-state index contributed by atoms with van der Waals surface area (Å²) in [6.07, 6.45) is 6.89. The van der Waals surface area contributed by atoms with Crippen LogP contribution in [0.2, 0.25) is 0 Å². The van der Waals surface area contributed by atoms with Gasteiger partial charge in [-0.15, -0.1) is 0 Å². The van der Waals surface area contributed by atoms with E-state index in [1.807, 2.05) is 4.90 Å². The Morgan fingerprint density at radius 1 is 1.04 bits per heavy atom. The number of nitrogens with one attached hydrogen (secondary N) is 1. The number of aromatic nitrogens is 4. The van der Waals surface area contributed by atoms with Crippen molar-refractivity contribution < 1.29 is 4.79 Å². The van der Waals surface area contributed by atoms with Crippen molar-refractivity contribution in [1.82, 2.24) is 30.0 Å². The normalized spacial score (nSPS) is 19.8. The molecule has 2 fully saturated rings. The van der Waals surface area contributed by atoms with Crippen LogP contribution in [0.15, 0.2) is 12.5 Å². The number of anilines is 1. The fourth-order valence-electron chi connectivity index (χ4n) is 3.56. The van der Waals surface area contributed by atoms with Gasteiger partial charge in [0.25, 0.3) is 0 Å². The molecule has 8 heteroatoms. The van der Waals surface area contributed by atoms with E-state index in [0.29, 0.717) is 6.54 Å². The number of carbonyl (C=O) groups excluding carboxylic acids is 1. The Kier molecular flexibility index (Phi) is 4.29. The summed E-state index contributed by atoms with van der Waals surface area (Å²) >= 11 is 0. The number of piperidine rings is 1. The lowest BCUT2D eigenvalue weighted by atomic mass is 10.1. The second kappa shape index (κ2) is 6.72. The van der Waals surface area contributed by atoms with Gasteiger partial charge in [0.05, 0.1) is 18.1 Å². The summed E-state index contributed by atoms with van der Waals surface area (Å²) in [4.78, 5) is 27.5. The Labute approximate surface area is 140 Å². The number of hydrogen-bond acceptors (Lipinski definition) is 6. The van der Waals surface area contributed by atoms with E-state index >= 15 is 0 Å². The van der Waals surface area contributed by atoms with Gasteiger partial charge in [-0.1, -0.05) is 0 Å². The van der Waals surface area contributed by atoms with E-state index in [1.165, 1.54) is 6.42 Å². The molecule has 0 unspecified atom stereocenters. The molecule has 8 nitrogen and oxygen atoms in total. The minimum absolute atomic E-state index is 0.280. The van der Waals surface area contributed by atoms with Crippen molar-refractivity contribution in [3.8, 4) is 0 Å². The molecule has 2 saturated heterocycles. The lowest BCUT2D eigenvalue weighted by Gasteiger charge is -2.36. The monoisotopic (exact) mass is 329 g/mol. The van der Waals surface area contributed by atoms with Crippen LogP contribution < -0.4 is 4.90 Å². The van der Waals surface area contributed by atoms with Gasteiger partial charge in [-0.2, -0.15) is 5.10 Å². The minimum Gasteiger partial charge on any atom is -0.353 e. The lowest BCUT2D eigenvalue weighted by molar-refractivity contribution is -0.133. The number of likely N-dealkylation sites (tertiary alicyclic amines) is 1. The third-order valence-corrected chi connectivity index (χ3v) is 4.97. The molecule has 0 radical (unpaired) electrons. The van der Waals surface area contributed by atoms with Crippen molar-refractivity contribution >= 4 is 22.8 Å². The lowest BCUT2D eigenvalue weighted by Crippen LogP contribution is -2.51. The van der Waals surface area contributed by atoms with Crippen molar-refractivity contribution in [2.45, 2.75) is 19.3 Å². The van der Waals surface area contributed by atoms with Crippen LogP contribution in [0, 0.1) is 0 Å². The SMILES string of the molecule is O=C(CN1CCN(c2ncnc3[nH]ncc23)CC1)N1CCCCC1. The molecule has 2 aromatic heterocycles. The Hall–Kier alpha value is -2.22. The van der Waals surface area contributed by atoms with Crippen LogP contribution >= 0.6 is 0 Å². The summed E-state index contributed by atoms with van der Waals surface area (Å²) in [6.45, 7) is 5.89. The molecule has 24 heavy (non-hydrogen) atoms. The van der Waals surface area contributed by atoms with Gasteiger partial charge < -0.3 is 9.80 Å². The van der Waals surface area contributed by atoms with Crippen LogP contribution in [0.3, 0.4) is 0 Å². The summed E-state index contributed by atoms with van der Waals surface area (Å²) in [5.41, 5.74) is 0.766. The van der Waals surface area contributed by atoms with Gasteiger partial charge in [-0.05, 0) is 19.3 Å². The fourth-order valence-corrected chi connectivity index (χ4v) is 3.56. The van der Waals surface area contributed by atoms with Crippen LogP contribution in [0.25, 0.3) is 11.0 Å².